The monoisotopic (exact) mass is 298 g/mol. The molecule has 0 bridgehead atoms. The fourth-order valence-corrected chi connectivity index (χ4v) is 2.97. The Labute approximate surface area is 134 Å². The zero-order valence-electron chi connectivity index (χ0n) is 15.8. The topological polar surface area (TPSA) is 20.2 Å². The summed E-state index contributed by atoms with van der Waals surface area (Å²) in [5.41, 5.74) is 1.01. The second-order valence-electron chi connectivity index (χ2n) is 9.09. The minimum Gasteiger partial charge on any atom is -0.393 e. The van der Waals surface area contributed by atoms with E-state index < -0.39 is 0 Å². The maximum atomic E-state index is 9.20. The zero-order valence-corrected chi connectivity index (χ0v) is 15.8. The lowest BCUT2D eigenvalue weighted by molar-refractivity contribution is 0.180. The Kier molecular flexibility index (Phi) is 10.6. The van der Waals surface area contributed by atoms with Gasteiger partial charge in [0.15, 0.2) is 0 Å². The molecule has 0 saturated heterocycles. The number of hydrogen-bond acceptors (Lipinski definition) is 1. The van der Waals surface area contributed by atoms with Crippen molar-refractivity contribution in [2.45, 2.75) is 118 Å². The average molecular weight is 299 g/mol. The normalized spacial score (nSPS) is 14.4. The van der Waals surface area contributed by atoms with Crippen LogP contribution in [0.15, 0.2) is 0 Å². The molecular weight excluding hydrogens is 256 g/mol. The maximum absolute atomic E-state index is 9.20. The second kappa shape index (κ2) is 10.6. The van der Waals surface area contributed by atoms with Crippen LogP contribution in [-0.4, -0.2) is 11.2 Å². The smallest absolute Gasteiger partial charge is 0.0512 e. The van der Waals surface area contributed by atoms with Crippen molar-refractivity contribution in [3.63, 3.8) is 0 Å². The lowest BCUT2D eigenvalue weighted by Gasteiger charge is -2.27. The molecule has 1 atom stereocenters. The quantitative estimate of drug-likeness (QED) is 0.396. The van der Waals surface area contributed by atoms with E-state index in [1.165, 1.54) is 64.2 Å². The number of rotatable bonds is 12. The maximum Gasteiger partial charge on any atom is 0.0512 e. The third-order valence-corrected chi connectivity index (χ3v) is 4.51. The molecule has 0 fully saturated rings. The van der Waals surface area contributed by atoms with Crippen molar-refractivity contribution >= 4 is 0 Å². The van der Waals surface area contributed by atoms with E-state index >= 15 is 0 Å². The number of hydrogen-bond donors (Lipinski definition) is 1. The Bertz CT molecular complexity index is 235. The summed E-state index contributed by atoms with van der Waals surface area (Å²) in [6, 6.07) is 0. The largest absolute Gasteiger partial charge is 0.393 e. The third kappa shape index (κ3) is 16.2. The summed E-state index contributed by atoms with van der Waals surface area (Å²) in [6.45, 7) is 13.8. The van der Waals surface area contributed by atoms with Gasteiger partial charge in [0.2, 0.25) is 0 Å². The Morgan fingerprint density at radius 1 is 0.667 bits per heavy atom. The highest BCUT2D eigenvalue weighted by Crippen LogP contribution is 2.32. The van der Waals surface area contributed by atoms with Gasteiger partial charge >= 0.3 is 0 Å². The minimum atomic E-state index is -0.112. The van der Waals surface area contributed by atoms with Gasteiger partial charge in [0, 0.05) is 0 Å². The zero-order chi connectivity index (χ0) is 16.4. The van der Waals surface area contributed by atoms with Crippen molar-refractivity contribution in [2.75, 3.05) is 0 Å². The van der Waals surface area contributed by atoms with E-state index in [-0.39, 0.29) is 6.10 Å². The minimum absolute atomic E-state index is 0.112. The predicted octanol–water partition coefficient (Wildman–Crippen LogP) is 6.73. The molecule has 1 nitrogen and oxygen atoms in total. The van der Waals surface area contributed by atoms with Crippen LogP contribution >= 0.6 is 0 Å². The molecule has 0 amide bonds. The van der Waals surface area contributed by atoms with Crippen molar-refractivity contribution < 1.29 is 5.11 Å². The summed E-state index contributed by atoms with van der Waals surface area (Å²) in [5.74, 6) is 0. The molecule has 0 aliphatic heterocycles. The summed E-state index contributed by atoms with van der Waals surface area (Å²) in [7, 11) is 0. The lowest BCUT2D eigenvalue weighted by Crippen LogP contribution is -2.13. The van der Waals surface area contributed by atoms with Gasteiger partial charge in [0.25, 0.3) is 0 Å². The molecule has 0 rings (SSSR count). The van der Waals surface area contributed by atoms with Crippen LogP contribution in [0.1, 0.15) is 112 Å². The van der Waals surface area contributed by atoms with Gasteiger partial charge in [-0.05, 0) is 43.4 Å². The molecule has 21 heavy (non-hydrogen) atoms. The van der Waals surface area contributed by atoms with Crippen LogP contribution in [0.2, 0.25) is 0 Å². The number of aliphatic hydroxyl groups is 1. The summed E-state index contributed by atoms with van der Waals surface area (Å²) in [6.07, 6.45) is 14.3. The molecule has 0 aromatic rings. The summed E-state index contributed by atoms with van der Waals surface area (Å²) in [5, 5.41) is 9.20. The SMILES string of the molecule is CC(O)CCCCCCCCC(C)(C)CCCC(C)(C)C. The molecule has 1 unspecified atom stereocenters. The van der Waals surface area contributed by atoms with Gasteiger partial charge in [0.05, 0.1) is 6.10 Å². The highest BCUT2D eigenvalue weighted by molar-refractivity contribution is 4.71. The van der Waals surface area contributed by atoms with E-state index in [2.05, 4.69) is 34.6 Å². The first-order chi connectivity index (χ1) is 9.62. The number of aliphatic hydroxyl groups excluding tert-OH is 1. The first-order valence-electron chi connectivity index (χ1n) is 9.30. The first kappa shape index (κ1) is 21.0. The van der Waals surface area contributed by atoms with E-state index in [9.17, 15) is 5.11 Å². The Hall–Kier alpha value is -0.0400. The van der Waals surface area contributed by atoms with Crippen LogP contribution in [0.25, 0.3) is 0 Å². The summed E-state index contributed by atoms with van der Waals surface area (Å²) >= 11 is 0. The van der Waals surface area contributed by atoms with Gasteiger partial charge in [-0.25, -0.2) is 0 Å². The molecule has 0 aliphatic carbocycles. The molecule has 0 radical (unpaired) electrons. The Morgan fingerprint density at radius 2 is 1.14 bits per heavy atom. The van der Waals surface area contributed by atoms with Gasteiger partial charge in [-0.1, -0.05) is 79.6 Å². The second-order valence-corrected chi connectivity index (χ2v) is 9.09. The summed E-state index contributed by atoms with van der Waals surface area (Å²) in [4.78, 5) is 0. The summed E-state index contributed by atoms with van der Waals surface area (Å²) < 4.78 is 0. The Morgan fingerprint density at radius 3 is 1.67 bits per heavy atom. The predicted molar refractivity (Wildman–Crippen MR) is 95.7 cm³/mol. The fraction of sp³-hybridized carbons (Fsp3) is 1.00. The highest BCUT2D eigenvalue weighted by Gasteiger charge is 2.18. The first-order valence-corrected chi connectivity index (χ1v) is 9.30. The van der Waals surface area contributed by atoms with E-state index in [1.807, 2.05) is 6.92 Å². The van der Waals surface area contributed by atoms with E-state index in [0.717, 1.165) is 6.42 Å². The number of unbranched alkanes of at least 4 members (excludes halogenated alkanes) is 5. The van der Waals surface area contributed by atoms with E-state index in [4.69, 9.17) is 0 Å². The molecule has 0 aromatic carbocycles. The van der Waals surface area contributed by atoms with Gasteiger partial charge in [-0.2, -0.15) is 0 Å². The molecular formula is C20H42O. The van der Waals surface area contributed by atoms with Gasteiger partial charge in [-0.15, -0.1) is 0 Å². The standard InChI is InChI=1S/C20H42O/c1-18(21)14-11-9-7-8-10-12-16-20(5,6)17-13-15-19(2,3)4/h18,21H,7-17H2,1-6H3. The van der Waals surface area contributed by atoms with Crippen LogP contribution < -0.4 is 0 Å². The van der Waals surface area contributed by atoms with Crippen molar-refractivity contribution in [3.8, 4) is 0 Å². The molecule has 1 heteroatoms. The van der Waals surface area contributed by atoms with Crippen molar-refractivity contribution in [1.29, 1.82) is 0 Å². The van der Waals surface area contributed by atoms with E-state index in [1.54, 1.807) is 0 Å². The van der Waals surface area contributed by atoms with Gasteiger partial charge in [0.1, 0.15) is 0 Å². The highest BCUT2D eigenvalue weighted by atomic mass is 16.3. The van der Waals surface area contributed by atoms with Crippen molar-refractivity contribution in [3.05, 3.63) is 0 Å². The van der Waals surface area contributed by atoms with E-state index in [0.29, 0.717) is 10.8 Å². The van der Waals surface area contributed by atoms with Gasteiger partial charge < -0.3 is 5.11 Å². The van der Waals surface area contributed by atoms with Crippen LogP contribution in [0, 0.1) is 10.8 Å². The molecule has 0 aromatic heterocycles. The third-order valence-electron chi connectivity index (χ3n) is 4.51. The lowest BCUT2D eigenvalue weighted by atomic mass is 9.79. The molecule has 0 saturated carbocycles. The fourth-order valence-electron chi connectivity index (χ4n) is 2.97. The molecule has 1 N–H and O–H groups in total. The average Bonchev–Trinajstić information content (AvgIpc) is 2.30. The Balaban J connectivity index is 3.48. The van der Waals surface area contributed by atoms with Crippen LogP contribution in [0.5, 0.6) is 0 Å². The van der Waals surface area contributed by atoms with Gasteiger partial charge in [-0.3, -0.25) is 0 Å². The molecule has 0 heterocycles. The van der Waals surface area contributed by atoms with Crippen LogP contribution in [0.3, 0.4) is 0 Å². The van der Waals surface area contributed by atoms with Crippen LogP contribution in [-0.2, 0) is 0 Å². The van der Waals surface area contributed by atoms with Crippen molar-refractivity contribution in [2.24, 2.45) is 10.8 Å². The molecule has 128 valence electrons. The molecule has 0 spiro atoms. The van der Waals surface area contributed by atoms with Crippen molar-refractivity contribution in [1.82, 2.24) is 0 Å². The van der Waals surface area contributed by atoms with Crippen LogP contribution in [0.4, 0.5) is 0 Å². The molecule has 0 aliphatic rings.